The lowest BCUT2D eigenvalue weighted by atomic mass is 10.6. The molecule has 0 aliphatic rings. The number of hydrogen-bond acceptors (Lipinski definition) is 3. The van der Waals surface area contributed by atoms with E-state index in [1.807, 2.05) is 6.92 Å². The van der Waals surface area contributed by atoms with E-state index in [4.69, 9.17) is 6.15 Å². The molecular weight excluding hydrogens is 151 g/mol. The topological polar surface area (TPSA) is 62.2 Å². The summed E-state index contributed by atoms with van der Waals surface area (Å²) >= 11 is 0. The van der Waals surface area contributed by atoms with Crippen molar-refractivity contribution in [2.45, 2.75) is 6.92 Å². The van der Waals surface area contributed by atoms with E-state index in [2.05, 4.69) is 19.5 Å². The molecule has 60 valence electrons. The Bertz CT molecular complexity index is 113. The molecule has 0 aliphatic heterocycles. The molecule has 5 heteroatoms. The van der Waals surface area contributed by atoms with Gasteiger partial charge in [0.25, 0.3) is 0 Å². The minimum atomic E-state index is -0.0770. The van der Waals surface area contributed by atoms with Gasteiger partial charge in [-0.25, -0.2) is 0 Å². The first-order valence-corrected chi connectivity index (χ1v) is 3.26. The number of likely N-dealkylation sites (N-methyl/N-ethyl adjacent to an activating group) is 1. The zero-order chi connectivity index (χ0) is 9.11. The summed E-state index contributed by atoms with van der Waals surface area (Å²) in [5.41, 5.74) is 0. The Morgan fingerprint density at radius 1 is 2.00 bits per heavy atom. The Balaban J connectivity index is 0. The van der Waals surface area contributed by atoms with Gasteiger partial charge in [-0.2, -0.15) is 0 Å². The van der Waals surface area contributed by atoms with Crippen molar-refractivity contribution in [2.75, 3.05) is 20.3 Å². The molecule has 0 rings (SSSR count). The van der Waals surface area contributed by atoms with Crippen LogP contribution in [-0.4, -0.2) is 26.2 Å². The predicted octanol–water partition coefficient (Wildman–Crippen LogP) is 0.660. The molecule has 0 heterocycles. The van der Waals surface area contributed by atoms with Gasteiger partial charge in [0, 0.05) is 13.7 Å². The molecule has 0 aromatic carbocycles. The van der Waals surface area contributed by atoms with Gasteiger partial charge < -0.3 is 10.1 Å². The number of hydrogen-bond donors (Lipinski definition) is 2. The van der Waals surface area contributed by atoms with Crippen LogP contribution in [0.4, 0.5) is 0 Å². The molecule has 0 saturated carbocycles. The van der Waals surface area contributed by atoms with E-state index in [0.717, 1.165) is 0 Å². The number of carbonyl (C=O) groups is 1. The van der Waals surface area contributed by atoms with Crippen LogP contribution in [-0.2, 0) is 9.53 Å². The average Bonchev–Trinajstić information content (AvgIpc) is 2.02. The molecular formula is C5H13N2O2P. The molecule has 0 aliphatic carbocycles. The van der Waals surface area contributed by atoms with E-state index >= 15 is 0 Å². The summed E-state index contributed by atoms with van der Waals surface area (Å²) in [4.78, 5) is 10.3. The van der Waals surface area contributed by atoms with Crippen LogP contribution < -0.4 is 5.32 Å². The number of carbonyl (C=O) groups excluding carboxylic acids is 1. The van der Waals surface area contributed by atoms with Gasteiger partial charge in [0.2, 0.25) is 5.91 Å². The number of amides is 1. The van der Waals surface area contributed by atoms with Crippen LogP contribution in [0, 0.1) is 5.15 Å². The molecule has 10 heavy (non-hydrogen) atoms. The van der Waals surface area contributed by atoms with Crippen LogP contribution in [0.1, 0.15) is 6.92 Å². The van der Waals surface area contributed by atoms with Gasteiger partial charge in [-0.05, 0) is 16.0 Å². The van der Waals surface area contributed by atoms with Gasteiger partial charge in [-0.1, -0.05) is 0 Å². The Morgan fingerprint density at radius 2 is 2.50 bits per heavy atom. The van der Waals surface area contributed by atoms with Crippen molar-refractivity contribution in [1.82, 2.24) is 5.32 Å². The van der Waals surface area contributed by atoms with Crippen molar-refractivity contribution in [3.63, 3.8) is 0 Å². The monoisotopic (exact) mass is 165 g/mol. The molecule has 1 amide bonds. The standard InChI is InChI=1S/C5H11NO2.H2NP/c1-3-8-4-5(7)6-2;1-2/h3-4H2,1-2H3,(H,6,7);1-2H/i/hD. The normalized spacial score (nSPS) is 8.40. The highest BCUT2D eigenvalue weighted by Crippen LogP contribution is 1.70. The zero-order valence-electron chi connectivity index (χ0n) is 7.18. The SMILES string of the molecule is CCOCC(=O)NC.[2H]N=P. The average molecular weight is 165 g/mol. The van der Waals surface area contributed by atoms with Crippen molar-refractivity contribution < 1.29 is 10.9 Å². The predicted molar refractivity (Wildman–Crippen MR) is 41.6 cm³/mol. The molecule has 0 atom stereocenters. The second-order valence-corrected chi connectivity index (χ2v) is 1.31. The fourth-order valence-corrected chi connectivity index (χ4v) is 0.267. The maximum absolute atomic E-state index is 10.3. The number of rotatable bonds is 3. The number of ether oxygens (including phenoxy) is 1. The summed E-state index contributed by atoms with van der Waals surface area (Å²) in [6.45, 7) is 2.61. The molecule has 0 aromatic rings. The zero-order valence-corrected chi connectivity index (χ0v) is 7.18. The third kappa shape index (κ3) is 10.5. The second kappa shape index (κ2) is 11.3. The Hall–Kier alpha value is -0.470. The lowest BCUT2D eigenvalue weighted by Gasteiger charge is -1.96. The summed E-state index contributed by atoms with van der Waals surface area (Å²) < 4.78 is 10.5. The van der Waals surface area contributed by atoms with E-state index < -0.39 is 0 Å². The lowest BCUT2D eigenvalue weighted by Crippen LogP contribution is -2.23. The van der Waals surface area contributed by atoms with Crippen molar-refractivity contribution in [1.29, 1.82) is 5.15 Å². The third-order valence-corrected chi connectivity index (χ3v) is 0.716. The second-order valence-electron chi connectivity index (χ2n) is 1.31. The molecule has 2 N–H and O–H groups in total. The minimum Gasteiger partial charge on any atom is -0.372 e. The Labute approximate surface area is 64.5 Å². The van der Waals surface area contributed by atoms with E-state index in [9.17, 15) is 4.79 Å². The summed E-state index contributed by atoms with van der Waals surface area (Å²) in [7, 11) is 4.06. The molecule has 0 aromatic heterocycles. The maximum Gasteiger partial charge on any atom is 0.245 e. The van der Waals surface area contributed by atoms with Crippen molar-refractivity contribution in [3.8, 4) is 0 Å². The lowest BCUT2D eigenvalue weighted by molar-refractivity contribution is -0.125. The highest BCUT2D eigenvalue weighted by atomic mass is 31.0. The quantitative estimate of drug-likeness (QED) is 0.603. The van der Waals surface area contributed by atoms with Gasteiger partial charge in [-0.15, -0.1) is 0 Å². The fourth-order valence-electron chi connectivity index (χ4n) is 0.267. The number of nitrogens with one attached hydrogen (secondary N) is 2. The first kappa shape index (κ1) is 9.53. The largest absolute Gasteiger partial charge is 0.372 e. The Kier molecular flexibility index (Phi) is 10.8. The molecule has 0 unspecified atom stereocenters. The van der Waals surface area contributed by atoms with Crippen LogP contribution in [0.15, 0.2) is 0 Å². The van der Waals surface area contributed by atoms with Gasteiger partial charge >= 0.3 is 0 Å². The smallest absolute Gasteiger partial charge is 0.245 e. The van der Waals surface area contributed by atoms with Crippen molar-refractivity contribution >= 4 is 14.9 Å². The van der Waals surface area contributed by atoms with Gasteiger partial charge in [-0.3, -0.25) is 9.95 Å². The summed E-state index contributed by atoms with van der Waals surface area (Å²) in [6, 6.07) is 0. The summed E-state index contributed by atoms with van der Waals surface area (Å²) in [5, 5.41) is 4.99. The molecule has 0 saturated heterocycles. The highest BCUT2D eigenvalue weighted by molar-refractivity contribution is 7.02. The van der Waals surface area contributed by atoms with Crippen LogP contribution in [0.5, 0.6) is 0 Å². The Morgan fingerprint density at radius 3 is 2.80 bits per heavy atom. The van der Waals surface area contributed by atoms with E-state index in [1.165, 1.54) is 0 Å². The highest BCUT2D eigenvalue weighted by Gasteiger charge is 1.92. The minimum absolute atomic E-state index is 0.0770. The van der Waals surface area contributed by atoms with Crippen LogP contribution in [0.3, 0.4) is 0 Å². The van der Waals surface area contributed by atoms with Gasteiger partial charge in [0.1, 0.15) is 6.61 Å². The molecule has 4 nitrogen and oxygen atoms in total. The fraction of sp³-hybridized carbons (Fsp3) is 0.800. The van der Waals surface area contributed by atoms with Crippen LogP contribution in [0.25, 0.3) is 0 Å². The first-order chi connectivity index (χ1) is 5.22. The molecule has 0 bridgehead atoms. The maximum atomic E-state index is 10.3. The molecule has 0 fully saturated rings. The van der Waals surface area contributed by atoms with Crippen molar-refractivity contribution in [3.05, 3.63) is 0 Å². The van der Waals surface area contributed by atoms with Gasteiger partial charge in [0.05, 0.1) is 0 Å². The van der Waals surface area contributed by atoms with Crippen LogP contribution >= 0.6 is 9.03 Å². The van der Waals surface area contributed by atoms with E-state index in [1.54, 1.807) is 7.05 Å². The summed E-state index contributed by atoms with van der Waals surface area (Å²) in [6.07, 6.45) is 0. The van der Waals surface area contributed by atoms with E-state index in [-0.39, 0.29) is 12.5 Å². The summed E-state index contributed by atoms with van der Waals surface area (Å²) in [5.74, 6) is -0.0770. The first-order valence-electron chi connectivity index (χ1n) is 3.26. The van der Waals surface area contributed by atoms with Crippen LogP contribution in [0.2, 0.25) is 1.41 Å². The van der Waals surface area contributed by atoms with Crippen molar-refractivity contribution in [2.24, 2.45) is 0 Å². The van der Waals surface area contributed by atoms with Gasteiger partial charge in [0.15, 0.2) is 1.41 Å². The molecule has 0 radical (unpaired) electrons. The molecule has 0 spiro atoms. The van der Waals surface area contributed by atoms with E-state index in [0.29, 0.717) is 6.61 Å². The third-order valence-electron chi connectivity index (χ3n) is 0.716.